The number of phosphoric acid groups is 1. The Morgan fingerprint density at radius 3 is 1.69 bits per heavy atom. The second kappa shape index (κ2) is 30.1. The maximum Gasteiger partial charge on any atom is 0.305 e. The van der Waals surface area contributed by atoms with E-state index in [1.807, 2.05) is 21.1 Å². The summed E-state index contributed by atoms with van der Waals surface area (Å²) in [5.41, 5.74) is 0. The fourth-order valence-electron chi connectivity index (χ4n) is 4.54. The topological polar surface area (TPSA) is 105 Å². The van der Waals surface area contributed by atoms with Crippen LogP contribution in [0.3, 0.4) is 0 Å². The van der Waals surface area contributed by atoms with Crippen molar-refractivity contribution in [3.05, 3.63) is 36.5 Å². The highest BCUT2D eigenvalue weighted by Crippen LogP contribution is 2.38. The van der Waals surface area contributed by atoms with Crippen LogP contribution in [0.25, 0.3) is 0 Å². The SMILES string of the molecule is CCCCCCC/C=C\C/C=C\C/C=C\CCCCCCCCCCCCC(=O)OCC(O)COP(=O)([O-])OCC[N+](C)(C)C. The number of unbranched alkanes of at least 4 members (excludes halogenated alkanes) is 15. The number of carbonyl (C=O) groups excluding carboxylic acids is 1. The summed E-state index contributed by atoms with van der Waals surface area (Å²) in [4.78, 5) is 23.6. The number of quaternary nitrogens is 1. The zero-order chi connectivity index (χ0) is 33.5. The molecule has 0 heterocycles. The summed E-state index contributed by atoms with van der Waals surface area (Å²) in [5, 5.41) is 9.85. The third-order valence-electron chi connectivity index (χ3n) is 7.39. The molecule has 0 aromatic heterocycles. The fraction of sp³-hybridized carbons (Fsp3) is 0.806. The van der Waals surface area contributed by atoms with Crippen molar-refractivity contribution in [2.75, 3.05) is 47.5 Å². The Morgan fingerprint density at radius 2 is 1.18 bits per heavy atom. The predicted molar refractivity (Wildman–Crippen MR) is 185 cm³/mol. The molecule has 2 unspecified atom stereocenters. The van der Waals surface area contributed by atoms with E-state index in [9.17, 15) is 19.4 Å². The molecule has 264 valence electrons. The molecule has 45 heavy (non-hydrogen) atoms. The number of allylic oxidation sites excluding steroid dienone is 6. The van der Waals surface area contributed by atoms with Crippen LogP contribution in [0.1, 0.15) is 135 Å². The van der Waals surface area contributed by atoms with Gasteiger partial charge in [-0.05, 0) is 44.9 Å². The normalized spacial score (nSPS) is 14.5. The summed E-state index contributed by atoms with van der Waals surface area (Å²) in [6, 6.07) is 0. The average Bonchev–Trinajstić information content (AvgIpc) is 2.98. The van der Waals surface area contributed by atoms with Crippen LogP contribution in [0, 0.1) is 0 Å². The zero-order valence-corrected chi connectivity index (χ0v) is 30.2. The molecular weight excluding hydrogens is 589 g/mol. The molecule has 2 atom stereocenters. The number of aliphatic hydroxyl groups is 1. The van der Waals surface area contributed by atoms with E-state index in [1.165, 1.54) is 89.9 Å². The molecule has 0 aliphatic heterocycles. The molecule has 0 bridgehead atoms. The van der Waals surface area contributed by atoms with Crippen molar-refractivity contribution in [2.45, 2.75) is 141 Å². The van der Waals surface area contributed by atoms with E-state index >= 15 is 0 Å². The first-order valence-electron chi connectivity index (χ1n) is 17.7. The Labute approximate surface area is 276 Å². The molecule has 0 rings (SSSR count). The maximum atomic E-state index is 11.9. The van der Waals surface area contributed by atoms with E-state index in [4.69, 9.17) is 9.26 Å². The van der Waals surface area contributed by atoms with Gasteiger partial charge < -0.3 is 28.3 Å². The summed E-state index contributed by atoms with van der Waals surface area (Å²) in [6.07, 6.45) is 35.8. The lowest BCUT2D eigenvalue weighted by molar-refractivity contribution is -0.870. The van der Waals surface area contributed by atoms with Crippen molar-refractivity contribution in [1.29, 1.82) is 0 Å². The standard InChI is InChI=1S/C36H68NO7P/c1-5-6-7-8-9-10-11-12-13-14-15-16-17-18-19-20-21-22-23-24-25-26-27-28-29-30-36(39)42-33-35(38)34-44-45(40,41)43-32-31-37(2,3)4/h11-12,14-15,17-18,35,38H,5-10,13,16,19-34H2,1-4H3/b12-11-,15-14-,18-17-. The molecule has 0 amide bonds. The number of rotatable bonds is 32. The smallest absolute Gasteiger partial charge is 0.305 e. The van der Waals surface area contributed by atoms with Crippen molar-refractivity contribution < 1.29 is 37.6 Å². The predicted octanol–water partition coefficient (Wildman–Crippen LogP) is 8.59. The number of carbonyl (C=O) groups is 1. The first-order valence-corrected chi connectivity index (χ1v) is 19.2. The van der Waals surface area contributed by atoms with E-state index in [-0.39, 0.29) is 13.2 Å². The number of nitrogens with zero attached hydrogens (tertiary/aromatic N) is 1. The van der Waals surface area contributed by atoms with Crippen LogP contribution in [0.15, 0.2) is 36.5 Å². The monoisotopic (exact) mass is 657 g/mol. The number of hydrogen-bond acceptors (Lipinski definition) is 7. The maximum absolute atomic E-state index is 11.9. The Hall–Kier alpha value is -1.28. The highest BCUT2D eigenvalue weighted by Gasteiger charge is 2.16. The second-order valence-corrected chi connectivity index (χ2v) is 14.5. The Bertz CT molecular complexity index is 823. The minimum absolute atomic E-state index is 0.00974. The Balaban J connectivity index is 3.49. The van der Waals surface area contributed by atoms with Gasteiger partial charge in [-0.1, -0.05) is 120 Å². The van der Waals surface area contributed by atoms with Gasteiger partial charge in [-0.2, -0.15) is 0 Å². The number of likely N-dealkylation sites (N-methyl/N-ethyl adjacent to an activating group) is 1. The van der Waals surface area contributed by atoms with Crippen LogP contribution in [0.2, 0.25) is 0 Å². The van der Waals surface area contributed by atoms with Gasteiger partial charge in [-0.25, -0.2) is 0 Å². The number of ether oxygens (including phenoxy) is 1. The van der Waals surface area contributed by atoms with E-state index in [2.05, 4.69) is 47.9 Å². The first-order chi connectivity index (χ1) is 21.6. The largest absolute Gasteiger partial charge is 0.756 e. The fourth-order valence-corrected chi connectivity index (χ4v) is 5.27. The van der Waals surface area contributed by atoms with Crippen molar-refractivity contribution in [2.24, 2.45) is 0 Å². The minimum Gasteiger partial charge on any atom is -0.756 e. The highest BCUT2D eigenvalue weighted by atomic mass is 31.2. The van der Waals surface area contributed by atoms with Gasteiger partial charge >= 0.3 is 5.97 Å². The lowest BCUT2D eigenvalue weighted by Gasteiger charge is -2.27. The number of esters is 1. The van der Waals surface area contributed by atoms with Crippen LogP contribution in [-0.2, 0) is 23.1 Å². The molecule has 1 N–H and O–H groups in total. The minimum atomic E-state index is -4.50. The summed E-state index contributed by atoms with van der Waals surface area (Å²) in [5.74, 6) is -0.392. The van der Waals surface area contributed by atoms with E-state index in [0.717, 1.165) is 32.1 Å². The van der Waals surface area contributed by atoms with Gasteiger partial charge in [0.2, 0.25) is 0 Å². The summed E-state index contributed by atoms with van der Waals surface area (Å²) in [6.45, 7) is 1.93. The van der Waals surface area contributed by atoms with Gasteiger partial charge in [0, 0.05) is 6.42 Å². The average molecular weight is 658 g/mol. The Kier molecular flexibility index (Phi) is 29.2. The molecule has 0 aliphatic carbocycles. The van der Waals surface area contributed by atoms with E-state index < -0.39 is 26.5 Å². The molecule has 0 aliphatic rings. The second-order valence-electron chi connectivity index (χ2n) is 13.1. The molecule has 0 spiro atoms. The quantitative estimate of drug-likeness (QED) is 0.0254. The van der Waals surface area contributed by atoms with E-state index in [1.54, 1.807) is 0 Å². The molecular formula is C36H68NO7P. The van der Waals surface area contributed by atoms with Gasteiger partial charge in [-0.3, -0.25) is 9.36 Å². The molecule has 0 saturated carbocycles. The molecule has 0 radical (unpaired) electrons. The van der Waals surface area contributed by atoms with E-state index in [0.29, 0.717) is 17.4 Å². The highest BCUT2D eigenvalue weighted by molar-refractivity contribution is 7.45. The third kappa shape index (κ3) is 35.4. The van der Waals surface area contributed by atoms with Gasteiger partial charge in [0.05, 0.1) is 27.7 Å². The van der Waals surface area contributed by atoms with Crippen molar-refractivity contribution >= 4 is 13.8 Å². The van der Waals surface area contributed by atoms with Gasteiger partial charge in [-0.15, -0.1) is 0 Å². The molecule has 0 fully saturated rings. The van der Waals surface area contributed by atoms with Crippen LogP contribution in [0.4, 0.5) is 0 Å². The molecule has 8 nitrogen and oxygen atoms in total. The van der Waals surface area contributed by atoms with Gasteiger partial charge in [0.25, 0.3) is 7.82 Å². The number of hydrogen-bond donors (Lipinski definition) is 1. The number of phosphoric ester groups is 1. The lowest BCUT2D eigenvalue weighted by Crippen LogP contribution is -2.37. The molecule has 0 saturated heterocycles. The van der Waals surface area contributed by atoms with Crippen LogP contribution >= 0.6 is 7.82 Å². The van der Waals surface area contributed by atoms with Crippen LogP contribution < -0.4 is 4.89 Å². The zero-order valence-electron chi connectivity index (χ0n) is 29.3. The van der Waals surface area contributed by atoms with Crippen molar-refractivity contribution in [1.82, 2.24) is 0 Å². The first kappa shape index (κ1) is 43.7. The lowest BCUT2D eigenvalue weighted by atomic mass is 10.1. The Morgan fingerprint density at radius 1 is 0.711 bits per heavy atom. The van der Waals surface area contributed by atoms with Crippen molar-refractivity contribution in [3.63, 3.8) is 0 Å². The van der Waals surface area contributed by atoms with Crippen molar-refractivity contribution in [3.8, 4) is 0 Å². The van der Waals surface area contributed by atoms with Gasteiger partial charge in [0.1, 0.15) is 25.9 Å². The summed E-state index contributed by atoms with van der Waals surface area (Å²) < 4.78 is 26.8. The van der Waals surface area contributed by atoms with Crippen LogP contribution in [-0.4, -0.2) is 69.2 Å². The summed E-state index contributed by atoms with van der Waals surface area (Å²) in [7, 11) is 1.24. The third-order valence-corrected chi connectivity index (χ3v) is 8.36. The molecule has 9 heteroatoms. The van der Waals surface area contributed by atoms with Crippen LogP contribution in [0.5, 0.6) is 0 Å². The number of aliphatic hydroxyl groups excluding tert-OH is 1. The van der Waals surface area contributed by atoms with Gasteiger partial charge in [0.15, 0.2) is 0 Å². The molecule has 0 aromatic carbocycles. The summed E-state index contributed by atoms with van der Waals surface area (Å²) >= 11 is 0. The molecule has 0 aromatic rings.